The van der Waals surface area contributed by atoms with Gasteiger partial charge in [0, 0.05) is 12.7 Å². The maximum atomic E-state index is 12.0. The van der Waals surface area contributed by atoms with Gasteiger partial charge in [0.25, 0.3) is 0 Å². The molecule has 19 heavy (non-hydrogen) atoms. The summed E-state index contributed by atoms with van der Waals surface area (Å²) in [6, 6.07) is 5.32. The highest BCUT2D eigenvalue weighted by atomic mass is 32.2. The third-order valence-corrected chi connectivity index (χ3v) is 3.73. The molecular weight excluding hydrogens is 266 g/mol. The molecule has 1 aliphatic rings. The van der Waals surface area contributed by atoms with Crippen molar-refractivity contribution in [2.24, 2.45) is 4.99 Å². The Morgan fingerprint density at radius 2 is 2.37 bits per heavy atom. The first-order valence-electron chi connectivity index (χ1n) is 5.81. The number of aliphatic imine (C=N–C) groups is 1. The van der Waals surface area contributed by atoms with Crippen LogP contribution in [0.4, 0.5) is 5.82 Å². The topological polar surface area (TPSA) is 82.9 Å². The van der Waals surface area contributed by atoms with Crippen molar-refractivity contribution in [1.29, 1.82) is 0 Å². The van der Waals surface area contributed by atoms with E-state index in [9.17, 15) is 9.59 Å². The lowest BCUT2D eigenvalue weighted by atomic mass is 10.3. The van der Waals surface area contributed by atoms with Crippen LogP contribution in [0, 0.1) is 0 Å². The lowest BCUT2D eigenvalue weighted by Crippen LogP contribution is -2.32. The molecular formula is C12H13N3O3S. The van der Waals surface area contributed by atoms with E-state index in [4.69, 9.17) is 5.11 Å². The average molecular weight is 279 g/mol. The summed E-state index contributed by atoms with van der Waals surface area (Å²) in [5, 5.41) is 8.70. The standard InChI is InChI=1S/C12H13N3O3S/c1-2-15-11(18)8(7-10(16)17)19-12(15)14-9-5-3-4-6-13-9/h3-6,8H,2,7H2,1H3,(H,16,17)/b14-12-. The molecule has 0 radical (unpaired) electrons. The summed E-state index contributed by atoms with van der Waals surface area (Å²) in [5.41, 5.74) is 0. The molecule has 0 aromatic carbocycles. The van der Waals surface area contributed by atoms with Gasteiger partial charge in [0.15, 0.2) is 11.0 Å². The van der Waals surface area contributed by atoms with Crippen LogP contribution < -0.4 is 0 Å². The lowest BCUT2D eigenvalue weighted by molar-refractivity contribution is -0.139. The van der Waals surface area contributed by atoms with Crippen molar-refractivity contribution in [1.82, 2.24) is 9.88 Å². The summed E-state index contributed by atoms with van der Waals surface area (Å²) in [6.07, 6.45) is 1.42. The van der Waals surface area contributed by atoms with Crippen LogP contribution in [0.15, 0.2) is 29.4 Å². The van der Waals surface area contributed by atoms with E-state index in [-0.39, 0.29) is 12.3 Å². The van der Waals surface area contributed by atoms with Crippen LogP contribution in [0.2, 0.25) is 0 Å². The monoisotopic (exact) mass is 279 g/mol. The number of pyridine rings is 1. The Kier molecular flexibility index (Phi) is 4.16. The van der Waals surface area contributed by atoms with Crippen LogP contribution in [-0.4, -0.2) is 43.8 Å². The molecule has 6 nitrogen and oxygen atoms in total. The average Bonchev–Trinajstić information content (AvgIpc) is 2.66. The Morgan fingerprint density at radius 3 is 2.95 bits per heavy atom. The maximum absolute atomic E-state index is 12.0. The van der Waals surface area contributed by atoms with Crippen molar-refractivity contribution in [3.05, 3.63) is 24.4 Å². The molecule has 1 unspecified atom stereocenters. The first-order valence-corrected chi connectivity index (χ1v) is 6.69. The fourth-order valence-electron chi connectivity index (χ4n) is 1.69. The van der Waals surface area contributed by atoms with Crippen molar-refractivity contribution < 1.29 is 14.7 Å². The van der Waals surface area contributed by atoms with Crippen molar-refractivity contribution >= 4 is 34.6 Å². The van der Waals surface area contributed by atoms with Gasteiger partial charge in [-0.25, -0.2) is 9.98 Å². The van der Waals surface area contributed by atoms with Crippen LogP contribution >= 0.6 is 11.8 Å². The zero-order valence-corrected chi connectivity index (χ0v) is 11.1. The summed E-state index contributed by atoms with van der Waals surface area (Å²) in [7, 11) is 0. The highest BCUT2D eigenvalue weighted by Gasteiger charge is 2.38. The Bertz CT molecular complexity index is 518. The molecule has 2 rings (SSSR count). The van der Waals surface area contributed by atoms with Crippen molar-refractivity contribution in [3.63, 3.8) is 0 Å². The van der Waals surface area contributed by atoms with E-state index >= 15 is 0 Å². The predicted octanol–water partition coefficient (Wildman–Crippen LogP) is 1.51. The SMILES string of the molecule is CCN1C(=O)C(CC(=O)O)S/C1=N\c1ccccn1. The fourth-order valence-corrected chi connectivity index (χ4v) is 2.89. The number of hydrogen-bond acceptors (Lipinski definition) is 5. The van der Waals surface area contributed by atoms with Gasteiger partial charge in [-0.3, -0.25) is 14.5 Å². The molecule has 2 heterocycles. The zero-order valence-electron chi connectivity index (χ0n) is 10.3. The van der Waals surface area contributed by atoms with Gasteiger partial charge in [0.1, 0.15) is 5.25 Å². The number of thioether (sulfide) groups is 1. The molecule has 7 heteroatoms. The second-order valence-corrected chi connectivity index (χ2v) is 5.04. The Balaban J connectivity index is 2.23. The third-order valence-electron chi connectivity index (χ3n) is 2.56. The molecule has 1 amide bonds. The number of carbonyl (C=O) groups excluding carboxylic acids is 1. The zero-order chi connectivity index (χ0) is 13.8. The van der Waals surface area contributed by atoms with Crippen LogP contribution in [-0.2, 0) is 9.59 Å². The molecule has 1 atom stereocenters. The van der Waals surface area contributed by atoms with Gasteiger partial charge >= 0.3 is 5.97 Å². The number of hydrogen-bond donors (Lipinski definition) is 1. The smallest absolute Gasteiger partial charge is 0.305 e. The molecule has 100 valence electrons. The number of amides is 1. The maximum Gasteiger partial charge on any atom is 0.305 e. The Morgan fingerprint density at radius 1 is 1.58 bits per heavy atom. The molecule has 0 saturated carbocycles. The molecule has 0 bridgehead atoms. The highest BCUT2D eigenvalue weighted by molar-refractivity contribution is 8.15. The second-order valence-electron chi connectivity index (χ2n) is 3.87. The van der Waals surface area contributed by atoms with Gasteiger partial charge in [-0.2, -0.15) is 0 Å². The van der Waals surface area contributed by atoms with E-state index in [1.54, 1.807) is 24.4 Å². The summed E-state index contributed by atoms with van der Waals surface area (Å²) in [4.78, 5) is 32.6. The number of amidine groups is 1. The molecule has 1 aromatic rings. The quantitative estimate of drug-likeness (QED) is 0.903. The number of rotatable bonds is 4. The Labute approximate surface area is 114 Å². The minimum absolute atomic E-state index is 0.193. The van der Waals surface area contributed by atoms with Crippen molar-refractivity contribution in [3.8, 4) is 0 Å². The van der Waals surface area contributed by atoms with Crippen molar-refractivity contribution in [2.75, 3.05) is 6.54 Å². The third kappa shape index (κ3) is 3.11. The van der Waals surface area contributed by atoms with E-state index in [1.807, 2.05) is 6.92 Å². The minimum atomic E-state index is -0.985. The second kappa shape index (κ2) is 5.83. The molecule has 0 aliphatic carbocycles. The van der Waals surface area contributed by atoms with Crippen LogP contribution in [0.5, 0.6) is 0 Å². The number of aromatic nitrogens is 1. The van der Waals surface area contributed by atoms with Gasteiger partial charge in [-0.05, 0) is 19.1 Å². The summed E-state index contributed by atoms with van der Waals surface area (Å²) in [5.74, 6) is -0.683. The van der Waals surface area contributed by atoms with E-state index in [2.05, 4.69) is 9.98 Å². The predicted molar refractivity (Wildman–Crippen MR) is 72.4 cm³/mol. The molecule has 1 saturated heterocycles. The van der Waals surface area contributed by atoms with Gasteiger partial charge in [-0.1, -0.05) is 17.8 Å². The molecule has 1 fully saturated rings. The van der Waals surface area contributed by atoms with Crippen molar-refractivity contribution in [2.45, 2.75) is 18.6 Å². The van der Waals surface area contributed by atoms with Crippen LogP contribution in [0.25, 0.3) is 0 Å². The number of carboxylic acids is 1. The van der Waals surface area contributed by atoms with Crippen LogP contribution in [0.1, 0.15) is 13.3 Å². The Hall–Kier alpha value is -1.89. The normalized spacial score (nSPS) is 21.1. The molecule has 1 aromatic heterocycles. The number of carboxylic acid groups (broad SMARTS) is 1. The van der Waals surface area contributed by atoms with Crippen LogP contribution in [0.3, 0.4) is 0 Å². The van der Waals surface area contributed by atoms with Gasteiger partial charge in [0.05, 0.1) is 6.42 Å². The molecule has 1 N–H and O–H groups in total. The summed E-state index contributed by atoms with van der Waals surface area (Å²) in [6.45, 7) is 2.29. The minimum Gasteiger partial charge on any atom is -0.481 e. The van der Waals surface area contributed by atoms with Gasteiger partial charge in [0.2, 0.25) is 5.91 Å². The van der Waals surface area contributed by atoms with E-state index in [0.717, 1.165) is 0 Å². The number of nitrogens with zero attached hydrogens (tertiary/aromatic N) is 3. The summed E-state index contributed by atoms with van der Waals surface area (Å²) >= 11 is 1.18. The van der Waals surface area contributed by atoms with Gasteiger partial charge in [-0.15, -0.1) is 0 Å². The molecule has 1 aliphatic heterocycles. The largest absolute Gasteiger partial charge is 0.481 e. The first-order chi connectivity index (χ1) is 9.11. The van der Waals surface area contributed by atoms with E-state index in [0.29, 0.717) is 17.5 Å². The molecule has 0 spiro atoms. The summed E-state index contributed by atoms with van der Waals surface area (Å²) < 4.78 is 0. The van der Waals surface area contributed by atoms with E-state index in [1.165, 1.54) is 16.7 Å². The highest BCUT2D eigenvalue weighted by Crippen LogP contribution is 2.30. The van der Waals surface area contributed by atoms with E-state index < -0.39 is 11.2 Å². The lowest BCUT2D eigenvalue weighted by Gasteiger charge is -2.12. The first kappa shape index (κ1) is 13.5. The number of aliphatic carboxylic acids is 1. The van der Waals surface area contributed by atoms with Gasteiger partial charge < -0.3 is 5.11 Å². The number of carbonyl (C=O) groups is 2. The fraction of sp³-hybridized carbons (Fsp3) is 0.333.